The highest BCUT2D eigenvalue weighted by Crippen LogP contribution is 2.23. The molecule has 1 saturated carbocycles. The summed E-state index contributed by atoms with van der Waals surface area (Å²) < 4.78 is 23.6. The summed E-state index contributed by atoms with van der Waals surface area (Å²) in [5.74, 6) is 1.76. The van der Waals surface area contributed by atoms with E-state index in [-0.39, 0.29) is 5.37 Å². The van der Waals surface area contributed by atoms with Crippen molar-refractivity contribution in [2.75, 3.05) is 30.9 Å². The minimum atomic E-state index is -2.97. The number of rotatable bonds is 5. The molecule has 2 fully saturated rings. The van der Waals surface area contributed by atoms with Gasteiger partial charge in [-0.2, -0.15) is 11.8 Å². The number of sulfone groups is 1. The molecule has 2 rings (SSSR count). The first-order valence-corrected chi connectivity index (χ1v) is 9.35. The number of nitrogens with zero attached hydrogens (tertiary/aromatic N) is 1. The van der Waals surface area contributed by atoms with E-state index < -0.39 is 9.84 Å². The van der Waals surface area contributed by atoms with Crippen LogP contribution in [0.5, 0.6) is 0 Å². The van der Waals surface area contributed by atoms with Crippen molar-refractivity contribution in [3.63, 3.8) is 0 Å². The minimum Gasteiger partial charge on any atom is -0.312 e. The van der Waals surface area contributed by atoms with E-state index in [0.29, 0.717) is 17.8 Å². The highest BCUT2D eigenvalue weighted by molar-refractivity contribution is 8.00. The van der Waals surface area contributed by atoms with Gasteiger partial charge < -0.3 is 5.32 Å². The van der Waals surface area contributed by atoms with Gasteiger partial charge in [0.2, 0.25) is 0 Å². The number of nitrogens with one attached hydrogen (secondary N) is 1. The first-order valence-electron chi connectivity index (χ1n) is 6.24. The molecule has 2 aliphatic rings. The summed E-state index contributed by atoms with van der Waals surface area (Å²) in [6.07, 6.45) is 3.91. The van der Waals surface area contributed by atoms with Gasteiger partial charge >= 0.3 is 0 Å². The Morgan fingerprint density at radius 2 is 2.18 bits per heavy atom. The van der Waals surface area contributed by atoms with Crippen molar-refractivity contribution in [3.05, 3.63) is 0 Å². The molecule has 1 heterocycles. The Labute approximate surface area is 108 Å². The molecule has 0 aromatic heterocycles. The van der Waals surface area contributed by atoms with Crippen LogP contribution in [0.3, 0.4) is 0 Å². The predicted octanol–water partition coefficient (Wildman–Crippen LogP) is 0.546. The van der Waals surface area contributed by atoms with Crippen molar-refractivity contribution in [2.45, 2.75) is 37.2 Å². The zero-order valence-corrected chi connectivity index (χ0v) is 12.2. The van der Waals surface area contributed by atoms with Crippen molar-refractivity contribution in [2.24, 2.45) is 0 Å². The Morgan fingerprint density at radius 3 is 2.76 bits per heavy atom. The van der Waals surface area contributed by atoms with Crippen LogP contribution in [0, 0.1) is 0 Å². The Balaban J connectivity index is 1.94. The average Bonchev–Trinajstić information content (AvgIpc) is 3.08. The van der Waals surface area contributed by atoms with E-state index in [4.69, 9.17) is 0 Å². The number of hydrogen-bond acceptors (Lipinski definition) is 5. The molecule has 0 aromatic carbocycles. The molecule has 0 spiro atoms. The Bertz CT molecular complexity index is 354. The zero-order chi connectivity index (χ0) is 12.5. The van der Waals surface area contributed by atoms with Gasteiger partial charge in [0.25, 0.3) is 0 Å². The molecule has 100 valence electrons. The molecule has 1 saturated heterocycles. The molecule has 2 unspecified atom stereocenters. The topological polar surface area (TPSA) is 49.4 Å². The summed E-state index contributed by atoms with van der Waals surface area (Å²) in [6.45, 7) is 3.92. The second-order valence-electron chi connectivity index (χ2n) is 5.13. The predicted molar refractivity (Wildman–Crippen MR) is 73.1 cm³/mol. The summed E-state index contributed by atoms with van der Waals surface area (Å²) in [6, 6.07) is 0.990. The van der Waals surface area contributed by atoms with Crippen LogP contribution in [0.2, 0.25) is 0 Å². The number of thioether (sulfide) groups is 1. The van der Waals surface area contributed by atoms with Gasteiger partial charge in [0.05, 0.1) is 0 Å². The van der Waals surface area contributed by atoms with Crippen LogP contribution in [-0.2, 0) is 9.84 Å². The fourth-order valence-electron chi connectivity index (χ4n) is 2.21. The second kappa shape index (κ2) is 5.47. The van der Waals surface area contributed by atoms with Crippen LogP contribution in [0.25, 0.3) is 0 Å². The third-order valence-corrected chi connectivity index (χ3v) is 6.12. The van der Waals surface area contributed by atoms with Gasteiger partial charge in [-0.1, -0.05) is 0 Å². The maximum Gasteiger partial charge on any atom is 0.164 e. The number of hydrogen-bond donors (Lipinski definition) is 1. The SMILES string of the molecule is CC(CNC1CC1)N1CCSCC1S(C)(=O)=O. The molecule has 1 aliphatic carbocycles. The van der Waals surface area contributed by atoms with Crippen molar-refractivity contribution in [1.29, 1.82) is 0 Å². The van der Waals surface area contributed by atoms with Gasteiger partial charge in [0, 0.05) is 42.9 Å². The van der Waals surface area contributed by atoms with Gasteiger partial charge in [0.15, 0.2) is 9.84 Å². The summed E-state index contributed by atoms with van der Waals surface area (Å²) in [5.41, 5.74) is 0. The zero-order valence-electron chi connectivity index (χ0n) is 10.6. The highest BCUT2D eigenvalue weighted by Gasteiger charge is 2.34. The smallest absolute Gasteiger partial charge is 0.164 e. The van der Waals surface area contributed by atoms with Gasteiger partial charge in [-0.25, -0.2) is 8.42 Å². The van der Waals surface area contributed by atoms with Crippen LogP contribution >= 0.6 is 11.8 Å². The molecule has 0 radical (unpaired) electrons. The van der Waals surface area contributed by atoms with Crippen molar-refractivity contribution in [3.8, 4) is 0 Å². The van der Waals surface area contributed by atoms with Crippen LogP contribution in [0.15, 0.2) is 0 Å². The molecule has 1 N–H and O–H groups in total. The summed E-state index contributed by atoms with van der Waals surface area (Å²) >= 11 is 1.75. The van der Waals surface area contributed by atoms with Crippen molar-refractivity contribution < 1.29 is 8.42 Å². The first-order chi connectivity index (χ1) is 7.98. The molecule has 17 heavy (non-hydrogen) atoms. The minimum absolute atomic E-state index is 0.294. The van der Waals surface area contributed by atoms with Crippen molar-refractivity contribution >= 4 is 21.6 Å². The molecular formula is C11H22N2O2S2. The van der Waals surface area contributed by atoms with E-state index in [1.165, 1.54) is 19.1 Å². The maximum atomic E-state index is 11.8. The molecule has 0 amide bonds. The lowest BCUT2D eigenvalue weighted by molar-refractivity contribution is 0.200. The van der Waals surface area contributed by atoms with Gasteiger partial charge in [-0.3, -0.25) is 4.90 Å². The standard InChI is InChI=1S/C11H22N2O2S2/c1-9(7-12-10-3-4-10)13-5-6-16-8-11(13)17(2,14)15/h9-12H,3-8H2,1-2H3. The normalized spacial score (nSPS) is 29.2. The van der Waals surface area contributed by atoms with E-state index in [0.717, 1.165) is 18.8 Å². The third kappa shape index (κ3) is 3.84. The van der Waals surface area contributed by atoms with Crippen LogP contribution in [-0.4, -0.2) is 61.6 Å². The fraction of sp³-hybridized carbons (Fsp3) is 1.00. The lowest BCUT2D eigenvalue weighted by Crippen LogP contribution is -2.53. The largest absolute Gasteiger partial charge is 0.312 e. The lowest BCUT2D eigenvalue weighted by atomic mass is 10.2. The van der Waals surface area contributed by atoms with E-state index in [9.17, 15) is 8.42 Å². The van der Waals surface area contributed by atoms with Crippen molar-refractivity contribution in [1.82, 2.24) is 10.2 Å². The molecule has 2 atom stereocenters. The monoisotopic (exact) mass is 278 g/mol. The van der Waals surface area contributed by atoms with Gasteiger partial charge in [-0.15, -0.1) is 0 Å². The van der Waals surface area contributed by atoms with Gasteiger partial charge in [0.1, 0.15) is 5.37 Å². The molecule has 0 aromatic rings. The Kier molecular flexibility index (Phi) is 4.39. The third-order valence-electron chi connectivity index (χ3n) is 3.46. The van der Waals surface area contributed by atoms with Crippen LogP contribution in [0.1, 0.15) is 19.8 Å². The van der Waals surface area contributed by atoms with Crippen LogP contribution < -0.4 is 5.32 Å². The molecule has 4 nitrogen and oxygen atoms in total. The maximum absolute atomic E-state index is 11.8. The molecular weight excluding hydrogens is 256 g/mol. The van der Waals surface area contributed by atoms with E-state index >= 15 is 0 Å². The van der Waals surface area contributed by atoms with Crippen LogP contribution in [0.4, 0.5) is 0 Å². The average molecular weight is 278 g/mol. The Morgan fingerprint density at radius 1 is 1.47 bits per heavy atom. The Hall–Kier alpha value is 0.220. The second-order valence-corrected chi connectivity index (χ2v) is 8.48. The van der Waals surface area contributed by atoms with E-state index in [1.807, 2.05) is 0 Å². The summed E-state index contributed by atoms with van der Waals surface area (Å²) in [7, 11) is -2.97. The van der Waals surface area contributed by atoms with E-state index in [2.05, 4.69) is 17.1 Å². The first kappa shape index (κ1) is 13.6. The molecule has 0 bridgehead atoms. The lowest BCUT2D eigenvalue weighted by Gasteiger charge is -2.38. The summed E-state index contributed by atoms with van der Waals surface area (Å²) in [5, 5.41) is 3.19. The quantitative estimate of drug-likeness (QED) is 0.796. The van der Waals surface area contributed by atoms with E-state index in [1.54, 1.807) is 11.8 Å². The molecule has 1 aliphatic heterocycles. The fourth-order valence-corrected chi connectivity index (χ4v) is 5.19. The molecule has 6 heteroatoms. The highest BCUT2D eigenvalue weighted by atomic mass is 32.2. The van der Waals surface area contributed by atoms with Gasteiger partial charge in [-0.05, 0) is 19.8 Å². The summed E-state index contributed by atoms with van der Waals surface area (Å²) in [4.78, 5) is 2.15.